The van der Waals surface area contributed by atoms with E-state index in [1.807, 2.05) is 43.3 Å². The number of hydrogen-bond acceptors (Lipinski definition) is 6. The van der Waals surface area contributed by atoms with E-state index in [2.05, 4.69) is 68.7 Å². The molecular weight excluding hydrogens is 762 g/mol. The first-order chi connectivity index (χ1) is 20.3. The van der Waals surface area contributed by atoms with Crippen molar-refractivity contribution in [1.82, 2.24) is 5.32 Å². The van der Waals surface area contributed by atoms with Gasteiger partial charge in [0, 0.05) is 6.07 Å². The van der Waals surface area contributed by atoms with Gasteiger partial charge in [-0.15, -0.1) is 0 Å². The van der Waals surface area contributed by atoms with Gasteiger partial charge in [0.05, 0.1) is 26.0 Å². The van der Waals surface area contributed by atoms with Crippen LogP contribution in [0.1, 0.15) is 25.0 Å². The number of barbiturate groups is 1. The second-order valence-corrected chi connectivity index (χ2v) is 11.5. The number of carbonyl (C=O) groups excluding carboxylic acids is 3. The number of amides is 4. The molecule has 8 nitrogen and oxygen atoms in total. The summed E-state index contributed by atoms with van der Waals surface area (Å²) in [6, 6.07) is 22.0. The third-order valence-corrected chi connectivity index (χ3v) is 8.07. The number of ether oxygens (including phenoxy) is 3. The van der Waals surface area contributed by atoms with Crippen molar-refractivity contribution in [2.45, 2.75) is 20.5 Å². The highest BCUT2D eigenvalue weighted by Gasteiger charge is 2.38. The van der Waals surface area contributed by atoms with Gasteiger partial charge in [0.1, 0.15) is 29.4 Å². The number of imide groups is 2. The number of carbonyl (C=O) groups is 3. The van der Waals surface area contributed by atoms with Gasteiger partial charge >= 0.3 is 6.03 Å². The van der Waals surface area contributed by atoms with E-state index in [4.69, 9.17) is 14.2 Å². The zero-order valence-corrected chi connectivity index (χ0v) is 27.1. The molecule has 0 saturated carbocycles. The summed E-state index contributed by atoms with van der Waals surface area (Å²) in [5.74, 6) is -0.0603. The van der Waals surface area contributed by atoms with E-state index in [0.717, 1.165) is 28.4 Å². The number of urea groups is 1. The Morgan fingerprint density at radius 1 is 0.833 bits per heavy atom. The standard InChI is InChI=1S/C32H26I2N2O6/c1-3-40-22-12-13-28(41-4-2)27(17-22)36-31(38)24(30(37)35-32(36)39)14-19-15-25(33)29(26(34)16-19)42-18-21-10-7-9-20-8-5-6-11-23(20)21/h5-17H,3-4,18H2,1-2H3,(H,35,37,39)/b24-14+. The molecule has 4 aromatic carbocycles. The van der Waals surface area contributed by atoms with Crippen molar-refractivity contribution in [3.63, 3.8) is 0 Å². The lowest BCUT2D eigenvalue weighted by Gasteiger charge is -2.28. The fraction of sp³-hybridized carbons (Fsp3) is 0.156. The van der Waals surface area contributed by atoms with Crippen molar-refractivity contribution in [1.29, 1.82) is 0 Å². The lowest BCUT2D eigenvalue weighted by Crippen LogP contribution is -2.54. The van der Waals surface area contributed by atoms with Crippen LogP contribution >= 0.6 is 45.2 Å². The van der Waals surface area contributed by atoms with Crippen molar-refractivity contribution in [3.05, 3.63) is 96.6 Å². The lowest BCUT2D eigenvalue weighted by molar-refractivity contribution is -0.122. The van der Waals surface area contributed by atoms with E-state index in [9.17, 15) is 14.4 Å². The quantitative estimate of drug-likeness (QED) is 0.111. The van der Waals surface area contributed by atoms with E-state index in [1.54, 1.807) is 25.1 Å². The van der Waals surface area contributed by atoms with Gasteiger partial charge in [0.2, 0.25) is 0 Å². The van der Waals surface area contributed by atoms with E-state index in [0.29, 0.717) is 42.6 Å². The van der Waals surface area contributed by atoms with Crippen LogP contribution in [0.2, 0.25) is 0 Å². The van der Waals surface area contributed by atoms with E-state index in [1.165, 1.54) is 6.08 Å². The largest absolute Gasteiger partial charge is 0.494 e. The molecule has 0 radical (unpaired) electrons. The second-order valence-electron chi connectivity index (χ2n) is 9.19. The average Bonchev–Trinajstić information content (AvgIpc) is 2.96. The molecule has 0 bridgehead atoms. The van der Waals surface area contributed by atoms with Gasteiger partial charge in [-0.2, -0.15) is 0 Å². The topological polar surface area (TPSA) is 94.2 Å². The summed E-state index contributed by atoms with van der Waals surface area (Å²) in [5, 5.41) is 4.55. The summed E-state index contributed by atoms with van der Waals surface area (Å²) in [7, 11) is 0. The highest BCUT2D eigenvalue weighted by Crippen LogP contribution is 2.36. The van der Waals surface area contributed by atoms with Gasteiger partial charge in [-0.25, -0.2) is 9.69 Å². The van der Waals surface area contributed by atoms with Crippen LogP contribution in [0.3, 0.4) is 0 Å². The summed E-state index contributed by atoms with van der Waals surface area (Å²) in [5.41, 5.74) is 1.68. The maximum atomic E-state index is 13.6. The van der Waals surface area contributed by atoms with Crippen molar-refractivity contribution in [3.8, 4) is 17.2 Å². The van der Waals surface area contributed by atoms with Crippen LogP contribution < -0.4 is 24.4 Å². The molecule has 0 spiro atoms. The Kier molecular flexibility index (Phi) is 9.31. The van der Waals surface area contributed by atoms with Gasteiger partial charge in [-0.1, -0.05) is 42.5 Å². The number of nitrogens with one attached hydrogen (secondary N) is 1. The van der Waals surface area contributed by atoms with E-state index < -0.39 is 17.8 Å². The third-order valence-electron chi connectivity index (χ3n) is 6.47. The maximum Gasteiger partial charge on any atom is 0.336 e. The molecule has 42 heavy (non-hydrogen) atoms. The summed E-state index contributed by atoms with van der Waals surface area (Å²) in [4.78, 5) is 40.3. The first-order valence-electron chi connectivity index (χ1n) is 13.2. The smallest absolute Gasteiger partial charge is 0.336 e. The zero-order chi connectivity index (χ0) is 29.8. The van der Waals surface area contributed by atoms with Gasteiger partial charge in [0.25, 0.3) is 11.8 Å². The summed E-state index contributed by atoms with van der Waals surface area (Å²) >= 11 is 4.36. The molecule has 1 fully saturated rings. The Balaban J connectivity index is 1.44. The molecule has 4 aromatic rings. The monoisotopic (exact) mass is 788 g/mol. The molecular formula is C32H26I2N2O6. The third kappa shape index (κ3) is 6.24. The molecule has 4 amide bonds. The molecule has 1 aliphatic rings. The van der Waals surface area contributed by atoms with Crippen LogP contribution in [0, 0.1) is 7.14 Å². The van der Waals surface area contributed by atoms with Crippen molar-refractivity contribution >= 4 is 85.6 Å². The predicted molar refractivity (Wildman–Crippen MR) is 178 cm³/mol. The average molecular weight is 788 g/mol. The lowest BCUT2D eigenvalue weighted by atomic mass is 10.1. The number of anilines is 1. The van der Waals surface area contributed by atoms with Crippen LogP contribution in [0.4, 0.5) is 10.5 Å². The van der Waals surface area contributed by atoms with Gasteiger partial charge in [-0.05, 0) is 111 Å². The normalized spacial score (nSPS) is 14.3. The number of halogens is 2. The van der Waals surface area contributed by atoms with Crippen LogP contribution in [0.25, 0.3) is 16.8 Å². The minimum absolute atomic E-state index is 0.185. The number of benzene rings is 4. The fourth-order valence-corrected chi connectivity index (χ4v) is 6.75. The number of nitrogens with zero attached hydrogens (tertiary/aromatic N) is 1. The molecule has 1 heterocycles. The Morgan fingerprint density at radius 2 is 1.55 bits per heavy atom. The Labute approximate surface area is 270 Å². The van der Waals surface area contributed by atoms with Crippen LogP contribution in [-0.2, 0) is 16.2 Å². The summed E-state index contributed by atoms with van der Waals surface area (Å²) < 4.78 is 19.1. The SMILES string of the molecule is CCOc1ccc(OCC)c(N2C(=O)NC(=O)/C(=C\c3cc(I)c(OCc4cccc5ccccc45)c(I)c3)C2=O)c1. The summed E-state index contributed by atoms with van der Waals surface area (Å²) in [6.45, 7) is 4.73. The Morgan fingerprint density at radius 3 is 2.29 bits per heavy atom. The molecule has 0 aromatic heterocycles. The maximum absolute atomic E-state index is 13.6. The van der Waals surface area contributed by atoms with E-state index in [-0.39, 0.29) is 11.3 Å². The second kappa shape index (κ2) is 13.1. The van der Waals surface area contributed by atoms with Gasteiger partial charge in [-0.3, -0.25) is 14.9 Å². The predicted octanol–water partition coefficient (Wildman–Crippen LogP) is 7.09. The highest BCUT2D eigenvalue weighted by atomic mass is 127. The molecule has 214 valence electrons. The Bertz CT molecular complexity index is 1710. The molecule has 0 atom stereocenters. The van der Waals surface area contributed by atoms with Crippen molar-refractivity contribution in [2.75, 3.05) is 18.1 Å². The minimum Gasteiger partial charge on any atom is -0.494 e. The van der Waals surface area contributed by atoms with Gasteiger partial charge in [0.15, 0.2) is 0 Å². The van der Waals surface area contributed by atoms with Crippen molar-refractivity contribution < 1.29 is 28.6 Å². The zero-order valence-electron chi connectivity index (χ0n) is 22.8. The molecule has 1 aliphatic heterocycles. The number of fused-ring (bicyclic) bond motifs is 1. The fourth-order valence-electron chi connectivity index (χ4n) is 4.62. The first-order valence-corrected chi connectivity index (χ1v) is 15.4. The van der Waals surface area contributed by atoms with Crippen molar-refractivity contribution in [2.24, 2.45) is 0 Å². The molecule has 0 aliphatic carbocycles. The Hall–Kier alpha value is -3.65. The van der Waals surface area contributed by atoms with Crippen LogP contribution in [-0.4, -0.2) is 31.1 Å². The molecule has 1 N–H and O–H groups in total. The minimum atomic E-state index is -0.863. The van der Waals surface area contributed by atoms with E-state index >= 15 is 0 Å². The summed E-state index contributed by atoms with van der Waals surface area (Å²) in [6.07, 6.45) is 1.47. The van der Waals surface area contributed by atoms with Gasteiger partial charge < -0.3 is 14.2 Å². The van der Waals surface area contributed by atoms with Crippen LogP contribution in [0.15, 0.2) is 78.4 Å². The first kappa shape index (κ1) is 29.8. The number of rotatable bonds is 9. The highest BCUT2D eigenvalue weighted by molar-refractivity contribution is 14.1. The molecule has 10 heteroatoms. The van der Waals surface area contributed by atoms with Crippen LogP contribution in [0.5, 0.6) is 17.2 Å². The molecule has 0 unspecified atom stereocenters. The molecule has 5 rings (SSSR count). The molecule has 1 saturated heterocycles. The number of hydrogen-bond donors (Lipinski definition) is 1.